The summed E-state index contributed by atoms with van der Waals surface area (Å²) in [6.45, 7) is 6.48. The van der Waals surface area contributed by atoms with Crippen molar-refractivity contribution in [3.8, 4) is 5.88 Å². The van der Waals surface area contributed by atoms with Crippen molar-refractivity contribution >= 4 is 5.82 Å². The Kier molecular flexibility index (Phi) is 4.14. The fourth-order valence-electron chi connectivity index (χ4n) is 2.01. The molecule has 0 amide bonds. The lowest BCUT2D eigenvalue weighted by Gasteiger charge is -2.13. The molecule has 1 aromatic heterocycles. The van der Waals surface area contributed by atoms with E-state index in [4.69, 9.17) is 4.74 Å². The molecule has 0 saturated carbocycles. The van der Waals surface area contributed by atoms with Gasteiger partial charge in [-0.25, -0.2) is 4.98 Å². The monoisotopic (exact) mass is 236 g/mol. The molecule has 1 saturated heterocycles. The van der Waals surface area contributed by atoms with Crippen LogP contribution in [0, 0.1) is 6.92 Å². The second kappa shape index (κ2) is 5.82. The normalized spacial score (nSPS) is 19.3. The Hall–Kier alpha value is -1.36. The molecule has 0 spiro atoms. The zero-order valence-electron chi connectivity index (χ0n) is 10.5. The first-order valence-corrected chi connectivity index (χ1v) is 6.23. The molecule has 2 rings (SSSR count). The summed E-state index contributed by atoms with van der Waals surface area (Å²) in [4.78, 5) is 8.56. The summed E-state index contributed by atoms with van der Waals surface area (Å²) in [5.41, 5.74) is 0. The Morgan fingerprint density at radius 2 is 2.41 bits per heavy atom. The maximum absolute atomic E-state index is 5.39. The first-order chi connectivity index (χ1) is 8.28. The van der Waals surface area contributed by atoms with Crippen LogP contribution in [0.1, 0.15) is 25.6 Å². The third kappa shape index (κ3) is 3.56. The van der Waals surface area contributed by atoms with Crippen LogP contribution in [0.2, 0.25) is 0 Å². The minimum atomic E-state index is 0.556. The number of anilines is 1. The standard InChI is InChI=1S/C12H20N4O/c1-3-17-12-7-11(15-9(2)16-12)14-8-10-5-4-6-13-10/h7,10,13H,3-6,8H2,1-2H3,(H,14,15,16). The first-order valence-electron chi connectivity index (χ1n) is 6.23. The fourth-order valence-corrected chi connectivity index (χ4v) is 2.01. The molecule has 94 valence electrons. The Morgan fingerprint density at radius 3 is 3.12 bits per heavy atom. The highest BCUT2D eigenvalue weighted by molar-refractivity contribution is 5.38. The van der Waals surface area contributed by atoms with Crippen LogP contribution in [-0.2, 0) is 0 Å². The zero-order valence-corrected chi connectivity index (χ0v) is 10.5. The van der Waals surface area contributed by atoms with Crippen molar-refractivity contribution < 1.29 is 4.74 Å². The Morgan fingerprint density at radius 1 is 1.53 bits per heavy atom. The molecule has 2 N–H and O–H groups in total. The van der Waals surface area contributed by atoms with Crippen LogP contribution in [0.25, 0.3) is 0 Å². The molecule has 0 aromatic carbocycles. The van der Waals surface area contributed by atoms with Gasteiger partial charge in [0.2, 0.25) is 5.88 Å². The van der Waals surface area contributed by atoms with Crippen LogP contribution in [0.15, 0.2) is 6.07 Å². The van der Waals surface area contributed by atoms with Crippen molar-refractivity contribution in [3.63, 3.8) is 0 Å². The molecule has 1 aliphatic rings. The summed E-state index contributed by atoms with van der Waals surface area (Å²) in [6.07, 6.45) is 2.49. The van der Waals surface area contributed by atoms with Crippen LogP contribution in [0.5, 0.6) is 5.88 Å². The zero-order chi connectivity index (χ0) is 12.1. The average Bonchev–Trinajstić information content (AvgIpc) is 2.79. The van der Waals surface area contributed by atoms with Gasteiger partial charge in [0.15, 0.2) is 0 Å². The van der Waals surface area contributed by atoms with Crippen molar-refractivity contribution in [1.82, 2.24) is 15.3 Å². The van der Waals surface area contributed by atoms with Gasteiger partial charge in [0.05, 0.1) is 6.61 Å². The van der Waals surface area contributed by atoms with Crippen LogP contribution in [0.4, 0.5) is 5.82 Å². The molecule has 5 heteroatoms. The summed E-state index contributed by atoms with van der Waals surface area (Å²) < 4.78 is 5.39. The maximum atomic E-state index is 5.39. The van der Waals surface area contributed by atoms with Crippen molar-refractivity contribution in [3.05, 3.63) is 11.9 Å². The van der Waals surface area contributed by atoms with E-state index in [1.54, 1.807) is 0 Å². The quantitative estimate of drug-likeness (QED) is 0.808. The molecule has 2 heterocycles. The van der Waals surface area contributed by atoms with E-state index in [2.05, 4.69) is 20.6 Å². The van der Waals surface area contributed by atoms with Crippen molar-refractivity contribution in [2.24, 2.45) is 0 Å². The molecule has 1 aliphatic heterocycles. The van der Waals surface area contributed by atoms with Crippen molar-refractivity contribution in [2.75, 3.05) is 25.0 Å². The number of nitrogens with zero attached hydrogens (tertiary/aromatic N) is 2. The van der Waals surface area contributed by atoms with E-state index in [9.17, 15) is 0 Å². The maximum Gasteiger partial charge on any atom is 0.218 e. The summed E-state index contributed by atoms with van der Waals surface area (Å²) in [5, 5.41) is 6.78. The molecular formula is C12H20N4O. The van der Waals surface area contributed by atoms with E-state index in [0.29, 0.717) is 18.5 Å². The predicted octanol–water partition coefficient (Wildman–Crippen LogP) is 1.35. The highest BCUT2D eigenvalue weighted by Gasteiger charge is 2.13. The van der Waals surface area contributed by atoms with E-state index in [-0.39, 0.29) is 0 Å². The molecule has 0 radical (unpaired) electrons. The molecule has 0 aliphatic carbocycles. The van der Waals surface area contributed by atoms with E-state index in [1.165, 1.54) is 12.8 Å². The van der Waals surface area contributed by atoms with Gasteiger partial charge in [0.1, 0.15) is 11.6 Å². The Balaban J connectivity index is 1.94. The van der Waals surface area contributed by atoms with Gasteiger partial charge in [-0.05, 0) is 33.2 Å². The van der Waals surface area contributed by atoms with E-state index >= 15 is 0 Å². The van der Waals surface area contributed by atoms with Crippen LogP contribution < -0.4 is 15.4 Å². The van der Waals surface area contributed by atoms with E-state index < -0.39 is 0 Å². The molecule has 1 unspecified atom stereocenters. The van der Waals surface area contributed by atoms with Gasteiger partial charge < -0.3 is 15.4 Å². The highest BCUT2D eigenvalue weighted by Crippen LogP contribution is 2.14. The van der Waals surface area contributed by atoms with Gasteiger partial charge in [0, 0.05) is 18.7 Å². The van der Waals surface area contributed by atoms with Gasteiger partial charge in [-0.15, -0.1) is 0 Å². The molecule has 1 atom stereocenters. The first kappa shape index (κ1) is 12.1. The third-order valence-corrected chi connectivity index (χ3v) is 2.80. The van der Waals surface area contributed by atoms with Crippen molar-refractivity contribution in [2.45, 2.75) is 32.7 Å². The molecule has 17 heavy (non-hydrogen) atoms. The predicted molar refractivity (Wildman–Crippen MR) is 67.5 cm³/mol. The average molecular weight is 236 g/mol. The lowest BCUT2D eigenvalue weighted by atomic mass is 10.2. The Bertz CT molecular complexity index is 364. The lowest BCUT2D eigenvalue weighted by molar-refractivity contribution is 0.325. The molecular weight excluding hydrogens is 216 g/mol. The van der Waals surface area contributed by atoms with Gasteiger partial charge in [-0.3, -0.25) is 0 Å². The second-order valence-corrected chi connectivity index (χ2v) is 4.25. The third-order valence-electron chi connectivity index (χ3n) is 2.80. The van der Waals surface area contributed by atoms with E-state index in [1.807, 2.05) is 19.9 Å². The number of nitrogens with one attached hydrogen (secondary N) is 2. The topological polar surface area (TPSA) is 59.1 Å². The van der Waals surface area contributed by atoms with Crippen molar-refractivity contribution in [1.29, 1.82) is 0 Å². The fraction of sp³-hybridized carbons (Fsp3) is 0.667. The lowest BCUT2D eigenvalue weighted by Crippen LogP contribution is -2.29. The smallest absolute Gasteiger partial charge is 0.218 e. The molecule has 5 nitrogen and oxygen atoms in total. The van der Waals surface area contributed by atoms with E-state index in [0.717, 1.165) is 24.7 Å². The minimum absolute atomic E-state index is 0.556. The van der Waals surface area contributed by atoms with Gasteiger partial charge >= 0.3 is 0 Å². The summed E-state index contributed by atoms with van der Waals surface area (Å²) in [6, 6.07) is 2.41. The SMILES string of the molecule is CCOc1cc(NCC2CCCN2)nc(C)n1. The molecule has 1 fully saturated rings. The van der Waals surface area contributed by atoms with Gasteiger partial charge in [-0.2, -0.15) is 4.98 Å². The second-order valence-electron chi connectivity index (χ2n) is 4.25. The largest absolute Gasteiger partial charge is 0.478 e. The van der Waals surface area contributed by atoms with Crippen LogP contribution in [-0.4, -0.2) is 35.7 Å². The highest BCUT2D eigenvalue weighted by atomic mass is 16.5. The van der Waals surface area contributed by atoms with Crippen LogP contribution in [0.3, 0.4) is 0 Å². The summed E-state index contributed by atoms with van der Waals surface area (Å²) >= 11 is 0. The number of aryl methyl sites for hydroxylation is 1. The van der Waals surface area contributed by atoms with Gasteiger partial charge in [0.25, 0.3) is 0 Å². The molecule has 0 bridgehead atoms. The van der Waals surface area contributed by atoms with Crippen LogP contribution >= 0.6 is 0 Å². The summed E-state index contributed by atoms with van der Waals surface area (Å²) in [5.74, 6) is 2.22. The number of hydrogen-bond donors (Lipinski definition) is 2. The number of ether oxygens (including phenoxy) is 1. The minimum Gasteiger partial charge on any atom is -0.478 e. The number of rotatable bonds is 5. The number of aromatic nitrogens is 2. The summed E-state index contributed by atoms with van der Waals surface area (Å²) in [7, 11) is 0. The Labute approximate surface area is 102 Å². The molecule has 1 aromatic rings. The number of hydrogen-bond acceptors (Lipinski definition) is 5. The van der Waals surface area contributed by atoms with Gasteiger partial charge in [-0.1, -0.05) is 0 Å².